The lowest BCUT2D eigenvalue weighted by molar-refractivity contribution is 0.0659. The zero-order valence-electron chi connectivity index (χ0n) is 9.86. The first kappa shape index (κ1) is 12.5. The number of carboxylic acids is 1. The van der Waals surface area contributed by atoms with Crippen LogP contribution >= 0.6 is 11.8 Å². The molecule has 0 bridgehead atoms. The second kappa shape index (κ2) is 5.60. The number of rotatable bonds is 4. The molecule has 0 aromatic carbocycles. The van der Waals surface area contributed by atoms with E-state index in [9.17, 15) is 4.79 Å². The van der Waals surface area contributed by atoms with E-state index in [4.69, 9.17) is 9.52 Å². The predicted molar refractivity (Wildman–Crippen MR) is 67.6 cm³/mol. The van der Waals surface area contributed by atoms with Gasteiger partial charge >= 0.3 is 5.97 Å². The number of thioether (sulfide) groups is 1. The van der Waals surface area contributed by atoms with Crippen LogP contribution in [0.15, 0.2) is 10.5 Å². The molecule has 1 aliphatic rings. The van der Waals surface area contributed by atoms with Crippen molar-refractivity contribution in [3.05, 3.63) is 23.2 Å². The standard InChI is InChI=1S/C12H17NO3S/c1-8-5-10(16-11(8)12(14)15)6-13-9-3-2-4-17-7-9/h5,9,13H,2-4,6-7H2,1H3,(H,14,15). The van der Waals surface area contributed by atoms with E-state index in [1.807, 2.05) is 11.8 Å². The van der Waals surface area contributed by atoms with Crippen LogP contribution in [0.4, 0.5) is 0 Å². The van der Waals surface area contributed by atoms with Crippen LogP contribution in [0.2, 0.25) is 0 Å². The molecule has 0 radical (unpaired) electrons. The van der Waals surface area contributed by atoms with Crippen LogP contribution in [0.3, 0.4) is 0 Å². The summed E-state index contributed by atoms with van der Waals surface area (Å²) in [6.07, 6.45) is 2.44. The minimum Gasteiger partial charge on any atom is -0.475 e. The van der Waals surface area contributed by atoms with Gasteiger partial charge in [0, 0.05) is 17.4 Å². The summed E-state index contributed by atoms with van der Waals surface area (Å²) >= 11 is 1.96. The summed E-state index contributed by atoms with van der Waals surface area (Å²) in [7, 11) is 0. The van der Waals surface area contributed by atoms with Gasteiger partial charge in [0.25, 0.3) is 0 Å². The van der Waals surface area contributed by atoms with Crippen molar-refractivity contribution in [3.8, 4) is 0 Å². The molecule has 0 spiro atoms. The van der Waals surface area contributed by atoms with Gasteiger partial charge in [-0.1, -0.05) is 0 Å². The molecule has 0 aliphatic carbocycles. The van der Waals surface area contributed by atoms with Crippen LogP contribution in [0.1, 0.15) is 34.7 Å². The smallest absolute Gasteiger partial charge is 0.372 e. The maximum atomic E-state index is 10.8. The van der Waals surface area contributed by atoms with E-state index >= 15 is 0 Å². The molecule has 1 aliphatic heterocycles. The van der Waals surface area contributed by atoms with Crippen molar-refractivity contribution in [2.24, 2.45) is 0 Å². The fraction of sp³-hybridized carbons (Fsp3) is 0.583. The third-order valence-electron chi connectivity index (χ3n) is 2.89. The van der Waals surface area contributed by atoms with Gasteiger partial charge in [0.2, 0.25) is 5.76 Å². The van der Waals surface area contributed by atoms with E-state index < -0.39 is 5.97 Å². The number of aromatic carboxylic acids is 1. The molecule has 94 valence electrons. The lowest BCUT2D eigenvalue weighted by atomic mass is 10.2. The summed E-state index contributed by atoms with van der Waals surface area (Å²) in [5, 5.41) is 12.3. The van der Waals surface area contributed by atoms with Crippen molar-refractivity contribution in [3.63, 3.8) is 0 Å². The number of aryl methyl sites for hydroxylation is 1. The van der Waals surface area contributed by atoms with E-state index in [0.29, 0.717) is 23.9 Å². The lowest BCUT2D eigenvalue weighted by Crippen LogP contribution is -2.33. The molecule has 17 heavy (non-hydrogen) atoms. The van der Waals surface area contributed by atoms with E-state index in [-0.39, 0.29) is 5.76 Å². The SMILES string of the molecule is Cc1cc(CNC2CCCSC2)oc1C(=O)O. The average Bonchev–Trinajstić information content (AvgIpc) is 2.69. The lowest BCUT2D eigenvalue weighted by Gasteiger charge is -2.21. The number of nitrogens with one attached hydrogen (secondary N) is 1. The largest absolute Gasteiger partial charge is 0.475 e. The molecule has 1 saturated heterocycles. The molecule has 2 rings (SSSR count). The van der Waals surface area contributed by atoms with Crippen molar-refractivity contribution in [1.29, 1.82) is 0 Å². The highest BCUT2D eigenvalue weighted by Gasteiger charge is 2.16. The maximum absolute atomic E-state index is 10.8. The van der Waals surface area contributed by atoms with Crippen LogP contribution in [-0.4, -0.2) is 28.6 Å². The van der Waals surface area contributed by atoms with Crippen LogP contribution in [0.25, 0.3) is 0 Å². The Morgan fingerprint density at radius 2 is 2.53 bits per heavy atom. The van der Waals surface area contributed by atoms with Gasteiger partial charge in [0.1, 0.15) is 5.76 Å². The van der Waals surface area contributed by atoms with Gasteiger partial charge in [0.05, 0.1) is 6.54 Å². The molecule has 2 N–H and O–H groups in total. The van der Waals surface area contributed by atoms with Gasteiger partial charge in [-0.15, -0.1) is 0 Å². The van der Waals surface area contributed by atoms with E-state index in [1.165, 1.54) is 18.6 Å². The number of carboxylic acid groups (broad SMARTS) is 1. The van der Waals surface area contributed by atoms with Gasteiger partial charge in [-0.05, 0) is 31.6 Å². The Morgan fingerprint density at radius 3 is 3.12 bits per heavy atom. The molecule has 1 fully saturated rings. The summed E-state index contributed by atoms with van der Waals surface area (Å²) in [4.78, 5) is 10.8. The monoisotopic (exact) mass is 255 g/mol. The molecular formula is C12H17NO3S. The minimum atomic E-state index is -0.998. The summed E-state index contributed by atoms with van der Waals surface area (Å²) in [5.41, 5.74) is 0.687. The fourth-order valence-electron chi connectivity index (χ4n) is 1.99. The van der Waals surface area contributed by atoms with Crippen LogP contribution in [-0.2, 0) is 6.54 Å². The van der Waals surface area contributed by atoms with Crippen molar-refractivity contribution in [2.75, 3.05) is 11.5 Å². The second-order valence-electron chi connectivity index (χ2n) is 4.32. The Bertz CT molecular complexity index is 396. The Morgan fingerprint density at radius 1 is 1.71 bits per heavy atom. The Kier molecular flexibility index (Phi) is 4.12. The third kappa shape index (κ3) is 3.26. The highest BCUT2D eigenvalue weighted by atomic mass is 32.2. The first-order valence-electron chi connectivity index (χ1n) is 5.80. The normalized spacial score (nSPS) is 20.4. The van der Waals surface area contributed by atoms with Crippen molar-refractivity contribution in [1.82, 2.24) is 5.32 Å². The predicted octanol–water partition coefficient (Wildman–Crippen LogP) is 2.27. The number of hydrogen-bond donors (Lipinski definition) is 2. The molecule has 4 nitrogen and oxygen atoms in total. The maximum Gasteiger partial charge on any atom is 0.372 e. The minimum absolute atomic E-state index is 0.0554. The van der Waals surface area contributed by atoms with Crippen molar-refractivity contribution in [2.45, 2.75) is 32.4 Å². The third-order valence-corrected chi connectivity index (χ3v) is 4.10. The molecule has 1 aromatic rings. The quantitative estimate of drug-likeness (QED) is 0.864. The molecular weight excluding hydrogens is 238 g/mol. The highest BCUT2D eigenvalue weighted by molar-refractivity contribution is 7.99. The molecule has 1 unspecified atom stereocenters. The number of furan rings is 1. The number of hydrogen-bond acceptors (Lipinski definition) is 4. The number of carbonyl (C=O) groups is 1. The molecule has 1 aromatic heterocycles. The summed E-state index contributed by atoms with van der Waals surface area (Å²) in [6, 6.07) is 2.32. The van der Waals surface area contributed by atoms with E-state index in [2.05, 4.69) is 5.32 Å². The molecule has 0 saturated carbocycles. The summed E-state index contributed by atoms with van der Waals surface area (Å²) in [5.74, 6) is 2.14. The van der Waals surface area contributed by atoms with E-state index in [1.54, 1.807) is 13.0 Å². The molecule has 2 heterocycles. The van der Waals surface area contributed by atoms with Gasteiger partial charge in [0.15, 0.2) is 0 Å². The van der Waals surface area contributed by atoms with Gasteiger partial charge in [-0.2, -0.15) is 11.8 Å². The second-order valence-corrected chi connectivity index (χ2v) is 5.47. The van der Waals surface area contributed by atoms with Gasteiger partial charge in [-0.3, -0.25) is 0 Å². The van der Waals surface area contributed by atoms with Crippen LogP contribution < -0.4 is 5.32 Å². The van der Waals surface area contributed by atoms with Crippen LogP contribution in [0.5, 0.6) is 0 Å². The molecule has 1 atom stereocenters. The average molecular weight is 255 g/mol. The first-order valence-corrected chi connectivity index (χ1v) is 6.96. The Balaban J connectivity index is 1.90. The Hall–Kier alpha value is -0.940. The van der Waals surface area contributed by atoms with Crippen molar-refractivity contribution < 1.29 is 14.3 Å². The fourth-order valence-corrected chi connectivity index (χ4v) is 3.10. The first-order chi connectivity index (χ1) is 8.16. The zero-order valence-corrected chi connectivity index (χ0v) is 10.7. The Labute approximate surface area is 105 Å². The molecule has 0 amide bonds. The van der Waals surface area contributed by atoms with E-state index in [0.717, 1.165) is 5.75 Å². The summed E-state index contributed by atoms with van der Waals surface area (Å²) in [6.45, 7) is 2.37. The van der Waals surface area contributed by atoms with Crippen LogP contribution in [0, 0.1) is 6.92 Å². The van der Waals surface area contributed by atoms with Crippen molar-refractivity contribution >= 4 is 17.7 Å². The molecule has 5 heteroatoms. The van der Waals surface area contributed by atoms with Gasteiger partial charge in [-0.25, -0.2) is 4.79 Å². The van der Waals surface area contributed by atoms with Gasteiger partial charge < -0.3 is 14.8 Å². The highest BCUT2D eigenvalue weighted by Crippen LogP contribution is 2.18. The topological polar surface area (TPSA) is 62.5 Å². The zero-order chi connectivity index (χ0) is 12.3. The summed E-state index contributed by atoms with van der Waals surface area (Å²) < 4.78 is 5.30.